The second kappa shape index (κ2) is 4.44. The minimum atomic E-state index is -0.573. The summed E-state index contributed by atoms with van der Waals surface area (Å²) < 4.78 is 2.28. The topological polar surface area (TPSA) is 61.0 Å². The minimum absolute atomic E-state index is 0.0857. The lowest BCUT2D eigenvalue weighted by molar-refractivity contribution is -0.383. The highest BCUT2D eigenvalue weighted by atomic mass is 79.9. The molecule has 1 heterocycles. The Kier molecular flexibility index (Phi) is 3.29. The second-order valence-electron chi connectivity index (χ2n) is 3.27. The van der Waals surface area contributed by atoms with Crippen molar-refractivity contribution in [2.24, 2.45) is 0 Å². The summed E-state index contributed by atoms with van der Waals surface area (Å²) in [6.07, 6.45) is 0. The minimum Gasteiger partial charge on any atom is -0.319 e. The van der Waals surface area contributed by atoms with Crippen molar-refractivity contribution in [1.29, 1.82) is 0 Å². The average Bonchev–Trinajstić information content (AvgIpc) is 2.54. The number of benzene rings is 1. The van der Waals surface area contributed by atoms with Gasteiger partial charge in [0.1, 0.15) is 5.02 Å². The third-order valence-electron chi connectivity index (χ3n) is 2.36. The molecule has 0 N–H and O–H groups in total. The molecule has 0 unspecified atom stereocenters. The molecule has 0 spiro atoms. The van der Waals surface area contributed by atoms with Crippen molar-refractivity contribution in [3.63, 3.8) is 0 Å². The summed E-state index contributed by atoms with van der Waals surface area (Å²) in [4.78, 5) is 14.5. The number of nitro groups is 1. The molecule has 0 atom stereocenters. The zero-order chi connectivity index (χ0) is 12.7. The number of rotatable bonds is 2. The molecule has 17 heavy (non-hydrogen) atoms. The number of hydrogen-bond donors (Lipinski definition) is 0. The molecule has 0 fully saturated rings. The lowest BCUT2D eigenvalue weighted by atomic mass is 10.2. The molecular weight excluding hydrogens is 333 g/mol. The van der Waals surface area contributed by atoms with Crippen LogP contribution in [-0.2, 0) is 6.54 Å². The van der Waals surface area contributed by atoms with E-state index in [0.717, 1.165) is 0 Å². The van der Waals surface area contributed by atoms with Crippen LogP contribution in [0.5, 0.6) is 0 Å². The van der Waals surface area contributed by atoms with Crippen molar-refractivity contribution < 1.29 is 4.92 Å². The molecule has 1 aromatic carbocycles. The monoisotopic (exact) mass is 337 g/mol. The van der Waals surface area contributed by atoms with Crippen LogP contribution < -0.4 is 0 Å². The summed E-state index contributed by atoms with van der Waals surface area (Å²) in [5.74, 6) is 0. The molecular formula is C9H6BrCl2N3O2. The van der Waals surface area contributed by atoms with Gasteiger partial charge in [-0.3, -0.25) is 10.1 Å². The number of fused-ring (bicyclic) bond motifs is 1. The Hall–Kier alpha value is -0.850. The summed E-state index contributed by atoms with van der Waals surface area (Å²) in [5.41, 5.74) is 0.556. The maximum atomic E-state index is 11.0. The standard InChI is InChI=1S/C9H6BrCl2N3O2/c1-2-14-5-3-4(11)6(12)8(15(16)17)7(5)13-9(14)10/h3H,2H2,1H3. The first kappa shape index (κ1) is 12.6. The highest BCUT2D eigenvalue weighted by molar-refractivity contribution is 9.10. The SMILES string of the molecule is CCn1c(Br)nc2c([N+](=O)[O-])c(Cl)c(Cl)cc21. The Morgan fingerprint density at radius 3 is 2.76 bits per heavy atom. The van der Waals surface area contributed by atoms with Crippen LogP contribution in [0.4, 0.5) is 5.69 Å². The molecule has 0 bridgehead atoms. The smallest absolute Gasteiger partial charge is 0.317 e. The zero-order valence-corrected chi connectivity index (χ0v) is 11.7. The largest absolute Gasteiger partial charge is 0.319 e. The molecule has 1 aromatic heterocycles. The van der Waals surface area contributed by atoms with Gasteiger partial charge < -0.3 is 4.57 Å². The number of nitro benzene ring substituents is 1. The van der Waals surface area contributed by atoms with Gasteiger partial charge in [0.2, 0.25) is 0 Å². The highest BCUT2D eigenvalue weighted by Crippen LogP contribution is 2.39. The van der Waals surface area contributed by atoms with Gasteiger partial charge in [0.25, 0.3) is 0 Å². The predicted molar refractivity (Wildman–Crippen MR) is 69.8 cm³/mol. The van der Waals surface area contributed by atoms with Crippen LogP contribution in [0.15, 0.2) is 10.8 Å². The lowest BCUT2D eigenvalue weighted by Crippen LogP contribution is -1.95. The maximum Gasteiger partial charge on any atom is 0.317 e. The Morgan fingerprint density at radius 1 is 1.59 bits per heavy atom. The van der Waals surface area contributed by atoms with Crippen LogP contribution in [-0.4, -0.2) is 14.5 Å². The van der Waals surface area contributed by atoms with Crippen LogP contribution in [0.3, 0.4) is 0 Å². The van der Waals surface area contributed by atoms with Crippen LogP contribution in [0.2, 0.25) is 10.0 Å². The van der Waals surface area contributed by atoms with Crippen LogP contribution >= 0.6 is 39.1 Å². The summed E-state index contributed by atoms with van der Waals surface area (Å²) in [5, 5.41) is 11.1. The van der Waals surface area contributed by atoms with Gasteiger partial charge in [-0.05, 0) is 28.9 Å². The van der Waals surface area contributed by atoms with Gasteiger partial charge in [-0.25, -0.2) is 4.98 Å². The fourth-order valence-electron chi connectivity index (χ4n) is 1.63. The molecule has 2 rings (SSSR count). The van der Waals surface area contributed by atoms with Gasteiger partial charge in [0, 0.05) is 6.54 Å². The van der Waals surface area contributed by atoms with E-state index in [2.05, 4.69) is 20.9 Å². The third kappa shape index (κ3) is 1.90. The fourth-order valence-corrected chi connectivity index (χ4v) is 2.65. The molecule has 0 amide bonds. The van der Waals surface area contributed by atoms with E-state index < -0.39 is 4.92 Å². The van der Waals surface area contributed by atoms with E-state index in [9.17, 15) is 10.1 Å². The molecule has 2 aromatic rings. The summed E-state index contributed by atoms with van der Waals surface area (Å²) in [6.45, 7) is 2.52. The Balaban J connectivity index is 2.96. The van der Waals surface area contributed by atoms with Gasteiger partial charge in [0.15, 0.2) is 10.3 Å². The van der Waals surface area contributed by atoms with E-state index >= 15 is 0 Å². The fraction of sp³-hybridized carbons (Fsp3) is 0.222. The molecule has 0 aliphatic rings. The lowest BCUT2D eigenvalue weighted by Gasteiger charge is -2.02. The number of nitrogens with zero attached hydrogens (tertiary/aromatic N) is 3. The molecule has 0 aliphatic carbocycles. The first-order valence-corrected chi connectivity index (χ1v) is 6.20. The summed E-state index contributed by atoms with van der Waals surface area (Å²) in [7, 11) is 0. The number of halogens is 3. The molecule has 0 saturated carbocycles. The average molecular weight is 339 g/mol. The Bertz CT molecular complexity index is 626. The summed E-state index contributed by atoms with van der Waals surface area (Å²) in [6, 6.07) is 1.58. The van der Waals surface area contributed by atoms with E-state index in [1.165, 1.54) is 0 Å². The summed E-state index contributed by atoms with van der Waals surface area (Å²) >= 11 is 15.0. The van der Waals surface area contributed by atoms with Crippen LogP contribution in [0.25, 0.3) is 11.0 Å². The molecule has 0 aliphatic heterocycles. The number of hydrogen-bond acceptors (Lipinski definition) is 3. The van der Waals surface area contributed by atoms with E-state index in [0.29, 0.717) is 16.8 Å². The van der Waals surface area contributed by atoms with E-state index in [4.69, 9.17) is 23.2 Å². The Morgan fingerprint density at radius 2 is 2.24 bits per heavy atom. The second-order valence-corrected chi connectivity index (χ2v) is 4.77. The molecule has 5 nitrogen and oxygen atoms in total. The third-order valence-corrected chi connectivity index (χ3v) is 3.75. The van der Waals surface area contributed by atoms with E-state index in [-0.39, 0.29) is 21.2 Å². The van der Waals surface area contributed by atoms with Crippen molar-refractivity contribution >= 4 is 55.9 Å². The van der Waals surface area contributed by atoms with Crippen molar-refractivity contribution in [1.82, 2.24) is 9.55 Å². The maximum absolute atomic E-state index is 11.0. The van der Waals surface area contributed by atoms with Gasteiger partial charge in [-0.15, -0.1) is 0 Å². The Labute approximate surface area is 115 Å². The first-order chi connectivity index (χ1) is 7.97. The molecule has 0 saturated heterocycles. The normalized spacial score (nSPS) is 11.1. The van der Waals surface area contributed by atoms with Crippen LogP contribution in [0.1, 0.15) is 6.92 Å². The molecule has 0 radical (unpaired) electrons. The predicted octanol–water partition coefficient (Wildman–Crippen LogP) is 4.03. The molecule has 90 valence electrons. The number of imidazole rings is 1. The van der Waals surface area contributed by atoms with Crippen molar-refractivity contribution in [2.45, 2.75) is 13.5 Å². The van der Waals surface area contributed by atoms with E-state index in [1.807, 2.05) is 6.92 Å². The van der Waals surface area contributed by atoms with Crippen LogP contribution in [0, 0.1) is 10.1 Å². The van der Waals surface area contributed by atoms with E-state index in [1.54, 1.807) is 10.6 Å². The van der Waals surface area contributed by atoms with Gasteiger partial charge in [-0.1, -0.05) is 23.2 Å². The van der Waals surface area contributed by atoms with Gasteiger partial charge >= 0.3 is 5.69 Å². The first-order valence-electron chi connectivity index (χ1n) is 4.65. The zero-order valence-electron chi connectivity index (χ0n) is 8.58. The highest BCUT2D eigenvalue weighted by Gasteiger charge is 2.25. The van der Waals surface area contributed by atoms with Gasteiger partial charge in [-0.2, -0.15) is 0 Å². The van der Waals surface area contributed by atoms with Gasteiger partial charge in [0.05, 0.1) is 15.5 Å². The van der Waals surface area contributed by atoms with Crippen molar-refractivity contribution in [3.05, 3.63) is 31.0 Å². The van der Waals surface area contributed by atoms with Crippen molar-refractivity contribution in [3.8, 4) is 0 Å². The number of aryl methyl sites for hydroxylation is 1. The quantitative estimate of drug-likeness (QED) is 0.613. The number of aromatic nitrogens is 2. The van der Waals surface area contributed by atoms with Crippen molar-refractivity contribution in [2.75, 3.05) is 0 Å². The molecule has 8 heteroatoms.